The molecule has 6 heteroatoms. The monoisotopic (exact) mass is 289 g/mol. The zero-order valence-corrected chi connectivity index (χ0v) is 10.8. The zero-order valence-electron chi connectivity index (χ0n) is 9.96. The lowest BCUT2D eigenvalue weighted by Crippen LogP contribution is -2.18. The Kier molecular flexibility index (Phi) is 3.64. The number of rotatable bonds is 2. The average molecular weight is 289 g/mol. The number of nitrogens with two attached hydrogens (primary N) is 1. The topological polar surface area (TPSA) is 26.0 Å². The molecule has 2 N–H and O–H groups in total. The number of thiophene rings is 1. The van der Waals surface area contributed by atoms with Gasteiger partial charge in [-0.3, -0.25) is 0 Å². The number of aryl methyl sites for hydroxylation is 1. The van der Waals surface area contributed by atoms with Crippen LogP contribution in [0.5, 0.6) is 0 Å². The molecule has 1 atom stereocenters. The van der Waals surface area contributed by atoms with Gasteiger partial charge < -0.3 is 5.73 Å². The quantitative estimate of drug-likeness (QED) is 0.821. The van der Waals surface area contributed by atoms with E-state index in [0.29, 0.717) is 5.56 Å². The van der Waals surface area contributed by atoms with E-state index in [2.05, 4.69) is 0 Å². The van der Waals surface area contributed by atoms with E-state index < -0.39 is 23.6 Å². The number of alkyl halides is 3. The van der Waals surface area contributed by atoms with Gasteiger partial charge in [-0.1, -0.05) is 0 Å². The highest BCUT2D eigenvalue weighted by molar-refractivity contribution is 7.10. The summed E-state index contributed by atoms with van der Waals surface area (Å²) in [6.45, 7) is 1.83. The fourth-order valence-electron chi connectivity index (χ4n) is 1.86. The third-order valence-electron chi connectivity index (χ3n) is 2.76. The molecule has 2 rings (SSSR count). The summed E-state index contributed by atoms with van der Waals surface area (Å²) < 4.78 is 51.9. The van der Waals surface area contributed by atoms with E-state index in [1.54, 1.807) is 11.4 Å². The molecule has 0 spiro atoms. The molecule has 1 aromatic heterocycles. The molecule has 2 aromatic rings. The maximum atomic E-state index is 13.2. The lowest BCUT2D eigenvalue weighted by Gasteiger charge is -2.17. The van der Waals surface area contributed by atoms with Gasteiger partial charge >= 0.3 is 6.18 Å². The number of benzene rings is 1. The second-order valence-electron chi connectivity index (χ2n) is 4.20. The van der Waals surface area contributed by atoms with Crippen molar-refractivity contribution in [3.05, 3.63) is 57.0 Å². The highest BCUT2D eigenvalue weighted by Crippen LogP contribution is 2.36. The number of hydrogen-bond acceptors (Lipinski definition) is 2. The largest absolute Gasteiger partial charge is 0.416 e. The van der Waals surface area contributed by atoms with Crippen LogP contribution in [0.2, 0.25) is 0 Å². The Morgan fingerprint density at radius 1 is 1.21 bits per heavy atom. The normalized spacial score (nSPS) is 13.6. The van der Waals surface area contributed by atoms with Gasteiger partial charge in [-0.15, -0.1) is 11.3 Å². The van der Waals surface area contributed by atoms with Gasteiger partial charge in [-0.25, -0.2) is 4.39 Å². The molecule has 0 aliphatic rings. The van der Waals surface area contributed by atoms with E-state index in [1.807, 2.05) is 6.92 Å². The smallest absolute Gasteiger partial charge is 0.320 e. The van der Waals surface area contributed by atoms with E-state index in [9.17, 15) is 17.6 Å². The average Bonchev–Trinajstić information content (AvgIpc) is 2.73. The van der Waals surface area contributed by atoms with Gasteiger partial charge in [-0.2, -0.15) is 13.2 Å². The van der Waals surface area contributed by atoms with Gasteiger partial charge in [0.15, 0.2) is 0 Å². The van der Waals surface area contributed by atoms with Crippen LogP contribution in [-0.2, 0) is 6.18 Å². The first-order valence-corrected chi connectivity index (χ1v) is 6.34. The van der Waals surface area contributed by atoms with Crippen molar-refractivity contribution < 1.29 is 17.6 Å². The predicted molar refractivity (Wildman–Crippen MR) is 66.5 cm³/mol. The van der Waals surface area contributed by atoms with Gasteiger partial charge in [0.05, 0.1) is 11.6 Å². The van der Waals surface area contributed by atoms with Crippen molar-refractivity contribution in [2.75, 3.05) is 0 Å². The van der Waals surface area contributed by atoms with Crippen LogP contribution >= 0.6 is 11.3 Å². The molecule has 1 unspecified atom stereocenters. The molecule has 0 aliphatic carbocycles. The molecule has 0 saturated heterocycles. The van der Waals surface area contributed by atoms with Crippen molar-refractivity contribution in [2.45, 2.75) is 19.1 Å². The molecular formula is C13H11F4NS. The van der Waals surface area contributed by atoms with E-state index in [-0.39, 0.29) is 5.56 Å². The SMILES string of the molecule is Cc1cc(C(N)c2cc(F)ccc2C(F)(F)F)cs1. The minimum atomic E-state index is -4.55. The minimum absolute atomic E-state index is 0.245. The molecule has 1 nitrogen and oxygen atoms in total. The third kappa shape index (κ3) is 2.96. The Balaban J connectivity index is 2.51. The van der Waals surface area contributed by atoms with Crippen LogP contribution in [0.25, 0.3) is 0 Å². The van der Waals surface area contributed by atoms with Crippen LogP contribution in [0.1, 0.15) is 27.6 Å². The first-order valence-electron chi connectivity index (χ1n) is 5.46. The number of hydrogen-bond donors (Lipinski definition) is 1. The summed E-state index contributed by atoms with van der Waals surface area (Å²) in [5.41, 5.74) is 5.25. The molecule has 0 aliphatic heterocycles. The van der Waals surface area contributed by atoms with Gasteiger partial charge in [-0.05, 0) is 47.7 Å². The third-order valence-corrected chi connectivity index (χ3v) is 3.64. The highest BCUT2D eigenvalue weighted by atomic mass is 32.1. The fourth-order valence-corrected chi connectivity index (χ4v) is 2.60. The predicted octanol–water partition coefficient (Wildman–Crippen LogP) is 4.26. The van der Waals surface area contributed by atoms with Gasteiger partial charge in [0, 0.05) is 4.88 Å². The maximum absolute atomic E-state index is 13.2. The minimum Gasteiger partial charge on any atom is -0.320 e. The Morgan fingerprint density at radius 2 is 1.89 bits per heavy atom. The van der Waals surface area contributed by atoms with Gasteiger partial charge in [0.25, 0.3) is 0 Å². The van der Waals surface area contributed by atoms with Gasteiger partial charge in [0.2, 0.25) is 0 Å². The van der Waals surface area contributed by atoms with E-state index in [1.165, 1.54) is 11.3 Å². The highest BCUT2D eigenvalue weighted by Gasteiger charge is 2.35. The van der Waals surface area contributed by atoms with Crippen LogP contribution in [-0.4, -0.2) is 0 Å². The second-order valence-corrected chi connectivity index (χ2v) is 5.31. The summed E-state index contributed by atoms with van der Waals surface area (Å²) >= 11 is 1.39. The van der Waals surface area contributed by atoms with Crippen molar-refractivity contribution in [3.8, 4) is 0 Å². The summed E-state index contributed by atoms with van der Waals surface area (Å²) in [6.07, 6.45) is -4.55. The zero-order chi connectivity index (χ0) is 14.2. The standard InChI is InChI=1S/C13H11F4NS/c1-7-4-8(6-19-7)12(18)10-5-9(14)2-3-11(10)13(15,16)17/h2-6,12H,18H2,1H3. The second kappa shape index (κ2) is 4.94. The van der Waals surface area contributed by atoms with E-state index in [0.717, 1.165) is 23.1 Å². The van der Waals surface area contributed by atoms with E-state index in [4.69, 9.17) is 5.73 Å². The van der Waals surface area contributed by atoms with Crippen LogP contribution in [0.3, 0.4) is 0 Å². The van der Waals surface area contributed by atoms with Crippen LogP contribution in [0.15, 0.2) is 29.6 Å². The van der Waals surface area contributed by atoms with Crippen LogP contribution in [0, 0.1) is 12.7 Å². The summed E-state index contributed by atoms with van der Waals surface area (Å²) in [7, 11) is 0. The molecule has 1 heterocycles. The van der Waals surface area contributed by atoms with Crippen LogP contribution in [0.4, 0.5) is 17.6 Å². The molecule has 0 amide bonds. The lowest BCUT2D eigenvalue weighted by atomic mass is 9.96. The summed E-state index contributed by atoms with van der Waals surface area (Å²) in [5, 5.41) is 1.69. The van der Waals surface area contributed by atoms with Crippen molar-refractivity contribution in [1.29, 1.82) is 0 Å². The molecule has 0 fully saturated rings. The van der Waals surface area contributed by atoms with Crippen LogP contribution < -0.4 is 5.73 Å². The van der Waals surface area contributed by atoms with Crippen molar-refractivity contribution >= 4 is 11.3 Å². The Labute approximate surface area is 111 Å². The first kappa shape index (κ1) is 14.0. The molecule has 19 heavy (non-hydrogen) atoms. The first-order chi connectivity index (χ1) is 8.79. The lowest BCUT2D eigenvalue weighted by molar-refractivity contribution is -0.138. The Bertz CT molecular complexity index is 589. The van der Waals surface area contributed by atoms with Crippen molar-refractivity contribution in [2.24, 2.45) is 5.73 Å². The van der Waals surface area contributed by atoms with E-state index >= 15 is 0 Å². The maximum Gasteiger partial charge on any atom is 0.416 e. The molecule has 0 bridgehead atoms. The molecule has 1 aromatic carbocycles. The summed E-state index contributed by atoms with van der Waals surface area (Å²) in [4.78, 5) is 0.940. The molecular weight excluding hydrogens is 278 g/mol. The Hall–Kier alpha value is -1.40. The Morgan fingerprint density at radius 3 is 2.42 bits per heavy atom. The molecule has 102 valence electrons. The summed E-state index contributed by atoms with van der Waals surface area (Å²) in [6, 6.07) is 3.08. The molecule has 0 radical (unpaired) electrons. The van der Waals surface area contributed by atoms with Gasteiger partial charge in [0.1, 0.15) is 5.82 Å². The van der Waals surface area contributed by atoms with Crippen molar-refractivity contribution in [1.82, 2.24) is 0 Å². The summed E-state index contributed by atoms with van der Waals surface area (Å²) in [5.74, 6) is -0.731. The number of halogens is 4. The fraction of sp³-hybridized carbons (Fsp3) is 0.231. The molecule has 0 saturated carbocycles. The van der Waals surface area contributed by atoms with Crippen molar-refractivity contribution in [3.63, 3.8) is 0 Å².